The molecule has 0 aliphatic carbocycles. The number of nitrogens with zero attached hydrogens (tertiary/aromatic N) is 2. The summed E-state index contributed by atoms with van der Waals surface area (Å²) in [5.74, 6) is -5.54. The maximum atomic E-state index is 10.0. The quantitative estimate of drug-likeness (QED) is 0.277. The van der Waals surface area contributed by atoms with Gasteiger partial charge < -0.3 is 49.8 Å². The topological polar surface area (TPSA) is 207 Å². The van der Waals surface area contributed by atoms with Gasteiger partial charge in [0.25, 0.3) is 0 Å². The van der Waals surface area contributed by atoms with Crippen LogP contribution in [0.25, 0.3) is 0 Å². The van der Waals surface area contributed by atoms with Gasteiger partial charge in [0, 0.05) is 39.3 Å². The summed E-state index contributed by atoms with van der Waals surface area (Å²) in [6, 6.07) is 0. The molecule has 26 heavy (non-hydrogen) atoms. The fraction of sp³-hybridized carbons (Fsp3) is 0.667. The van der Waals surface area contributed by atoms with Gasteiger partial charge in [-0.2, -0.15) is 0 Å². The van der Waals surface area contributed by atoms with E-state index in [1.54, 1.807) is 0 Å². The van der Waals surface area contributed by atoms with Crippen LogP contribution in [0.5, 0.6) is 0 Å². The van der Waals surface area contributed by atoms with Crippen molar-refractivity contribution >= 4 is 99.4 Å². The summed E-state index contributed by atoms with van der Waals surface area (Å²) < 4.78 is 0. The predicted molar refractivity (Wildman–Crippen MR) is 78.6 cm³/mol. The number of carbonyl (C=O) groups excluding carboxylic acids is 4. The molecule has 12 nitrogen and oxygen atoms in total. The number of carboxylic acids is 4. The third kappa shape index (κ3) is 26.5. The first kappa shape index (κ1) is 33.8. The van der Waals surface area contributed by atoms with E-state index in [-0.39, 0.29) is 102 Å². The molecule has 0 fully saturated rings. The second-order valence-corrected chi connectivity index (χ2v) is 4.36. The van der Waals surface area contributed by atoms with E-state index in [0.29, 0.717) is 0 Å². The van der Waals surface area contributed by atoms with Gasteiger partial charge in [-0.15, -0.1) is 0 Å². The van der Waals surface area contributed by atoms with E-state index >= 15 is 0 Å². The molecule has 140 valence electrons. The molecule has 0 atom stereocenters. The van der Waals surface area contributed by atoms with Crippen molar-refractivity contribution in [3.05, 3.63) is 0 Å². The van der Waals surface area contributed by atoms with Crippen LogP contribution in [0, 0.1) is 0 Å². The second kappa shape index (κ2) is 21.5. The molecule has 0 saturated carbocycles. The van der Waals surface area contributed by atoms with Crippen molar-refractivity contribution < 1.29 is 49.8 Å². The average molecular weight is 430 g/mol. The third-order valence-corrected chi connectivity index (χ3v) is 2.24. The van der Waals surface area contributed by atoms with E-state index in [2.05, 4.69) is 0 Å². The smallest absolute Gasteiger partial charge is 0.549 e. The molecule has 0 radical (unpaired) electrons. The van der Waals surface area contributed by atoms with Gasteiger partial charge in [-0.3, -0.25) is 9.80 Å². The van der Waals surface area contributed by atoms with Gasteiger partial charge in [0.1, 0.15) is 0 Å². The van der Waals surface area contributed by atoms with Crippen molar-refractivity contribution in [2.24, 2.45) is 0 Å². The molecule has 0 amide bonds. The minimum Gasteiger partial charge on any atom is -0.549 e. The Morgan fingerprint density at radius 2 is 0.769 bits per heavy atom. The second-order valence-electron chi connectivity index (χ2n) is 4.36. The first-order chi connectivity index (χ1) is 11.1. The van der Waals surface area contributed by atoms with E-state index in [4.69, 9.17) is 10.2 Å². The number of carboxylic acid groups (broad SMARTS) is 4. The Morgan fingerprint density at radius 1 is 0.577 bits per heavy atom. The van der Waals surface area contributed by atoms with E-state index < -0.39 is 50.1 Å². The van der Waals surface area contributed by atoms with Gasteiger partial charge >= 0.3 is 75.5 Å². The summed E-state index contributed by atoms with van der Waals surface area (Å²) >= 11 is 0. The largest absolute Gasteiger partial charge is 2.00 e. The zero-order valence-corrected chi connectivity index (χ0v) is 18.5. The van der Waals surface area contributed by atoms with Crippen LogP contribution in [0.15, 0.2) is 0 Å². The van der Waals surface area contributed by atoms with Crippen LogP contribution in [0.4, 0.5) is 0 Å². The van der Waals surface area contributed by atoms with Crippen molar-refractivity contribution in [1.82, 2.24) is 9.80 Å². The summed E-state index contributed by atoms with van der Waals surface area (Å²) in [5.41, 5.74) is 0. The molecule has 14 heteroatoms. The summed E-state index contributed by atoms with van der Waals surface area (Å²) in [6.45, 7) is -2.74. The number of carbonyl (C=O) groups is 4. The monoisotopic (exact) mass is 430 g/mol. The molecule has 0 spiro atoms. The SMILES string of the molecule is O=C([O-])CN(CCO)CC(=O)[O-].O=C([O-])CN(CCO)CC(=O)[O-].[Ca+2].[Ca+2]. The molecule has 0 aromatic carbocycles. The van der Waals surface area contributed by atoms with Crippen molar-refractivity contribution in [3.8, 4) is 0 Å². The van der Waals surface area contributed by atoms with Gasteiger partial charge in [0.05, 0.1) is 37.1 Å². The number of aliphatic hydroxyl groups excluding tert-OH is 2. The third-order valence-electron chi connectivity index (χ3n) is 2.24. The molecule has 0 unspecified atom stereocenters. The van der Waals surface area contributed by atoms with E-state index in [9.17, 15) is 39.6 Å². The van der Waals surface area contributed by atoms with Crippen LogP contribution in [0.2, 0.25) is 0 Å². The van der Waals surface area contributed by atoms with Gasteiger partial charge in [0.2, 0.25) is 0 Å². The number of hydrogen-bond acceptors (Lipinski definition) is 12. The fourth-order valence-corrected chi connectivity index (χ4v) is 1.44. The first-order valence-corrected chi connectivity index (χ1v) is 6.58. The minimum atomic E-state index is -1.38. The summed E-state index contributed by atoms with van der Waals surface area (Å²) in [5, 5.41) is 56.9. The average Bonchev–Trinajstić information content (AvgIpc) is 2.36. The molecule has 0 aromatic heterocycles. The van der Waals surface area contributed by atoms with Crippen molar-refractivity contribution in [2.75, 3.05) is 52.5 Å². The van der Waals surface area contributed by atoms with Gasteiger partial charge in [0.15, 0.2) is 0 Å². The maximum Gasteiger partial charge on any atom is 2.00 e. The standard InChI is InChI=1S/2C6H11NO5.2Ca/c2*8-2-1-7(3-5(9)10)4-6(11)12;;/h2*8H,1-4H2,(H,9,10)(H,11,12);;/q;;2*+2/p-4. The van der Waals surface area contributed by atoms with Crippen molar-refractivity contribution in [3.63, 3.8) is 0 Å². The molecule has 0 heterocycles. The normalized spacial score (nSPS) is 9.38. The number of hydrogen-bond donors (Lipinski definition) is 2. The molecular formula is C12H18Ca2N2O10. The summed E-state index contributed by atoms with van der Waals surface area (Å²) in [7, 11) is 0. The molecule has 2 N–H and O–H groups in total. The van der Waals surface area contributed by atoms with Crippen molar-refractivity contribution in [2.45, 2.75) is 0 Å². The number of rotatable bonds is 12. The number of aliphatic hydroxyl groups is 2. The Hall–Kier alpha value is 0.239. The molecule has 0 bridgehead atoms. The summed E-state index contributed by atoms with van der Waals surface area (Å²) in [4.78, 5) is 42.1. The maximum absolute atomic E-state index is 10.0. The minimum absolute atomic E-state index is 0. The van der Waals surface area contributed by atoms with Crippen LogP contribution in [0.3, 0.4) is 0 Å². The molecule has 0 aromatic rings. The predicted octanol–water partition coefficient (Wildman–Crippen LogP) is -9.20. The van der Waals surface area contributed by atoms with Gasteiger partial charge in [-0.1, -0.05) is 0 Å². The molecule has 0 aliphatic rings. The molecule has 0 saturated heterocycles. The van der Waals surface area contributed by atoms with Gasteiger partial charge in [-0.25, -0.2) is 0 Å². The van der Waals surface area contributed by atoms with Crippen molar-refractivity contribution in [1.29, 1.82) is 0 Å². The van der Waals surface area contributed by atoms with E-state index in [1.807, 2.05) is 0 Å². The first-order valence-electron chi connectivity index (χ1n) is 6.58. The van der Waals surface area contributed by atoms with Gasteiger partial charge in [-0.05, 0) is 0 Å². The number of aliphatic carboxylic acids is 4. The summed E-state index contributed by atoms with van der Waals surface area (Å²) in [6.07, 6.45) is 0. The van der Waals surface area contributed by atoms with Crippen LogP contribution >= 0.6 is 0 Å². The van der Waals surface area contributed by atoms with Crippen LogP contribution in [0.1, 0.15) is 0 Å². The van der Waals surface area contributed by atoms with Crippen LogP contribution in [-0.4, -0.2) is 172 Å². The molecular weight excluding hydrogens is 412 g/mol. The Bertz CT molecular complexity index is 355. The van der Waals surface area contributed by atoms with Crippen LogP contribution < -0.4 is 20.4 Å². The zero-order valence-electron chi connectivity index (χ0n) is 14.1. The Morgan fingerprint density at radius 3 is 0.885 bits per heavy atom. The van der Waals surface area contributed by atoms with E-state index in [0.717, 1.165) is 9.80 Å². The van der Waals surface area contributed by atoms with Crippen LogP contribution in [-0.2, 0) is 19.2 Å². The Kier molecular flexibility index (Phi) is 28.0. The van der Waals surface area contributed by atoms with E-state index in [1.165, 1.54) is 0 Å². The zero-order chi connectivity index (χ0) is 19.1. The Labute approximate surface area is 209 Å². The fourth-order valence-electron chi connectivity index (χ4n) is 1.44. The Balaban J connectivity index is -0.000000173. The molecule has 0 rings (SSSR count). The molecule has 0 aliphatic heterocycles.